The molecular weight excluding hydrogens is 220 g/mol. The molecule has 0 saturated carbocycles. The average Bonchev–Trinajstić information content (AvgIpc) is 2.74. The van der Waals surface area contributed by atoms with Gasteiger partial charge in [0.25, 0.3) is 0 Å². The third-order valence-corrected chi connectivity index (χ3v) is 3.66. The summed E-state index contributed by atoms with van der Waals surface area (Å²) < 4.78 is 0. The first kappa shape index (κ1) is 13.8. The Balaban J connectivity index is 2.72. The van der Waals surface area contributed by atoms with Gasteiger partial charge in [-0.1, -0.05) is 13.8 Å². The number of aliphatic carboxylic acids is 1. The van der Waals surface area contributed by atoms with Crippen molar-refractivity contribution in [3.63, 3.8) is 0 Å². The average molecular weight is 242 g/mol. The number of hydrogen-bond donors (Lipinski definition) is 1. The molecule has 1 N–H and O–H groups in total. The van der Waals surface area contributed by atoms with E-state index in [1.807, 2.05) is 20.8 Å². The SMILES string of the molecule is CC(C)C(C)N(C)C(=O)N1CCCC1C(=O)O. The highest BCUT2D eigenvalue weighted by molar-refractivity contribution is 5.83. The molecule has 5 nitrogen and oxygen atoms in total. The zero-order valence-electron chi connectivity index (χ0n) is 11.0. The van der Waals surface area contributed by atoms with Crippen LogP contribution in [0.25, 0.3) is 0 Å². The standard InChI is InChI=1S/C12H22N2O3/c1-8(2)9(3)13(4)12(17)14-7-5-6-10(14)11(15)16/h8-10H,5-7H2,1-4H3,(H,15,16). The molecule has 0 radical (unpaired) electrons. The minimum absolute atomic E-state index is 0.109. The molecule has 1 fully saturated rings. The van der Waals surface area contributed by atoms with Gasteiger partial charge in [0.2, 0.25) is 0 Å². The van der Waals surface area contributed by atoms with E-state index in [0.29, 0.717) is 18.9 Å². The van der Waals surface area contributed by atoms with Crippen LogP contribution in [0.2, 0.25) is 0 Å². The lowest BCUT2D eigenvalue weighted by atomic mass is 10.1. The second-order valence-corrected chi connectivity index (χ2v) is 5.07. The van der Waals surface area contributed by atoms with Crippen molar-refractivity contribution in [2.75, 3.05) is 13.6 Å². The molecule has 1 saturated heterocycles. The van der Waals surface area contributed by atoms with Gasteiger partial charge < -0.3 is 14.9 Å². The summed E-state index contributed by atoms with van der Waals surface area (Å²) >= 11 is 0. The Labute approximate surface area is 102 Å². The molecule has 98 valence electrons. The van der Waals surface area contributed by atoms with Gasteiger partial charge in [0.15, 0.2) is 0 Å². The fourth-order valence-electron chi connectivity index (χ4n) is 2.08. The van der Waals surface area contributed by atoms with Crippen LogP contribution in [-0.2, 0) is 4.79 Å². The molecule has 2 atom stereocenters. The summed E-state index contributed by atoms with van der Waals surface area (Å²) in [4.78, 5) is 26.3. The van der Waals surface area contributed by atoms with Crippen LogP contribution in [-0.4, -0.2) is 52.6 Å². The highest BCUT2D eigenvalue weighted by Gasteiger charge is 2.36. The van der Waals surface area contributed by atoms with Crippen molar-refractivity contribution in [3.8, 4) is 0 Å². The number of carbonyl (C=O) groups is 2. The number of urea groups is 1. The fourth-order valence-corrected chi connectivity index (χ4v) is 2.08. The van der Waals surface area contributed by atoms with Crippen LogP contribution in [0.4, 0.5) is 4.79 Å². The summed E-state index contributed by atoms with van der Waals surface area (Å²) in [5, 5.41) is 9.05. The van der Waals surface area contributed by atoms with Crippen molar-refractivity contribution in [2.45, 2.75) is 45.7 Å². The minimum atomic E-state index is -0.901. The summed E-state index contributed by atoms with van der Waals surface area (Å²) in [5.41, 5.74) is 0. The first-order chi connectivity index (χ1) is 7.86. The largest absolute Gasteiger partial charge is 0.480 e. The molecule has 1 rings (SSSR count). The Morgan fingerprint density at radius 3 is 2.41 bits per heavy atom. The number of likely N-dealkylation sites (tertiary alicyclic amines) is 1. The highest BCUT2D eigenvalue weighted by atomic mass is 16.4. The Morgan fingerprint density at radius 1 is 1.35 bits per heavy atom. The molecular formula is C12H22N2O3. The van der Waals surface area contributed by atoms with Gasteiger partial charge in [-0.2, -0.15) is 0 Å². The van der Waals surface area contributed by atoms with Crippen molar-refractivity contribution in [1.29, 1.82) is 0 Å². The molecule has 5 heteroatoms. The van der Waals surface area contributed by atoms with Crippen LogP contribution < -0.4 is 0 Å². The Kier molecular flexibility index (Phi) is 4.37. The van der Waals surface area contributed by atoms with Crippen LogP contribution in [0, 0.1) is 5.92 Å². The van der Waals surface area contributed by atoms with E-state index >= 15 is 0 Å². The van der Waals surface area contributed by atoms with E-state index in [0.717, 1.165) is 6.42 Å². The summed E-state index contributed by atoms with van der Waals surface area (Å²) in [7, 11) is 1.74. The predicted molar refractivity (Wildman–Crippen MR) is 64.8 cm³/mol. The van der Waals surface area contributed by atoms with Gasteiger partial charge in [0, 0.05) is 19.6 Å². The van der Waals surface area contributed by atoms with E-state index in [2.05, 4.69) is 0 Å². The van der Waals surface area contributed by atoms with Crippen molar-refractivity contribution in [3.05, 3.63) is 0 Å². The van der Waals surface area contributed by atoms with Gasteiger partial charge in [-0.3, -0.25) is 0 Å². The van der Waals surface area contributed by atoms with Gasteiger partial charge in [-0.15, -0.1) is 0 Å². The lowest BCUT2D eigenvalue weighted by molar-refractivity contribution is -0.141. The van der Waals surface area contributed by atoms with E-state index in [4.69, 9.17) is 5.11 Å². The van der Waals surface area contributed by atoms with Crippen LogP contribution in [0.15, 0.2) is 0 Å². The maximum absolute atomic E-state index is 12.2. The maximum atomic E-state index is 12.2. The van der Waals surface area contributed by atoms with Crippen molar-refractivity contribution in [2.24, 2.45) is 5.92 Å². The van der Waals surface area contributed by atoms with E-state index < -0.39 is 12.0 Å². The molecule has 0 bridgehead atoms. The summed E-state index contributed by atoms with van der Waals surface area (Å²) in [6.45, 7) is 6.62. The van der Waals surface area contributed by atoms with Gasteiger partial charge in [-0.05, 0) is 25.7 Å². The number of hydrogen-bond acceptors (Lipinski definition) is 2. The van der Waals surface area contributed by atoms with Crippen molar-refractivity contribution >= 4 is 12.0 Å². The predicted octanol–water partition coefficient (Wildman–Crippen LogP) is 1.63. The van der Waals surface area contributed by atoms with Crippen LogP contribution in [0.3, 0.4) is 0 Å². The monoisotopic (exact) mass is 242 g/mol. The first-order valence-corrected chi connectivity index (χ1v) is 6.12. The molecule has 1 aliphatic heterocycles. The quantitative estimate of drug-likeness (QED) is 0.818. The van der Waals surface area contributed by atoms with Gasteiger partial charge >= 0.3 is 12.0 Å². The first-order valence-electron chi connectivity index (χ1n) is 6.12. The van der Waals surface area contributed by atoms with Gasteiger partial charge in [0.1, 0.15) is 6.04 Å². The topological polar surface area (TPSA) is 60.9 Å². The lowest BCUT2D eigenvalue weighted by Crippen LogP contribution is -2.50. The third kappa shape index (κ3) is 2.90. The number of rotatable bonds is 3. The number of carboxylic acid groups (broad SMARTS) is 1. The third-order valence-electron chi connectivity index (χ3n) is 3.66. The molecule has 2 amide bonds. The smallest absolute Gasteiger partial charge is 0.326 e. The molecule has 0 aromatic rings. The summed E-state index contributed by atoms with van der Waals surface area (Å²) in [6, 6.07) is -0.710. The van der Waals surface area contributed by atoms with E-state index in [1.54, 1.807) is 11.9 Å². The minimum Gasteiger partial charge on any atom is -0.480 e. The number of amides is 2. The van der Waals surface area contributed by atoms with Crippen molar-refractivity contribution < 1.29 is 14.7 Å². The molecule has 0 spiro atoms. The molecule has 1 aliphatic rings. The van der Waals surface area contributed by atoms with Crippen LogP contribution >= 0.6 is 0 Å². The summed E-state index contributed by atoms with van der Waals surface area (Å²) in [6.07, 6.45) is 1.33. The van der Waals surface area contributed by atoms with E-state index in [1.165, 1.54) is 4.90 Å². The Bertz CT molecular complexity index is 304. The van der Waals surface area contributed by atoms with Crippen LogP contribution in [0.5, 0.6) is 0 Å². The Hall–Kier alpha value is -1.26. The zero-order chi connectivity index (χ0) is 13.2. The van der Waals surface area contributed by atoms with E-state index in [9.17, 15) is 9.59 Å². The zero-order valence-corrected chi connectivity index (χ0v) is 11.0. The molecule has 0 aromatic carbocycles. The second kappa shape index (κ2) is 5.38. The highest BCUT2D eigenvalue weighted by Crippen LogP contribution is 2.20. The van der Waals surface area contributed by atoms with Crippen LogP contribution in [0.1, 0.15) is 33.6 Å². The fraction of sp³-hybridized carbons (Fsp3) is 0.833. The molecule has 0 aromatic heterocycles. The lowest BCUT2D eigenvalue weighted by Gasteiger charge is -2.33. The Morgan fingerprint density at radius 2 is 1.94 bits per heavy atom. The van der Waals surface area contributed by atoms with Gasteiger partial charge in [-0.25, -0.2) is 9.59 Å². The molecule has 17 heavy (non-hydrogen) atoms. The summed E-state index contributed by atoms with van der Waals surface area (Å²) in [5.74, 6) is -0.545. The molecule has 1 heterocycles. The van der Waals surface area contributed by atoms with Crippen molar-refractivity contribution in [1.82, 2.24) is 9.80 Å². The number of carboxylic acids is 1. The van der Waals surface area contributed by atoms with Gasteiger partial charge in [0.05, 0.1) is 0 Å². The number of nitrogens with zero attached hydrogens (tertiary/aromatic N) is 2. The van der Waals surface area contributed by atoms with E-state index in [-0.39, 0.29) is 12.1 Å². The molecule has 0 aliphatic carbocycles. The second-order valence-electron chi connectivity index (χ2n) is 5.07. The maximum Gasteiger partial charge on any atom is 0.326 e. The number of carbonyl (C=O) groups excluding carboxylic acids is 1. The molecule has 2 unspecified atom stereocenters. The normalized spacial score (nSPS) is 21.7.